The van der Waals surface area contributed by atoms with Crippen molar-refractivity contribution >= 4 is 21.9 Å². The average molecular weight is 403 g/mol. The predicted octanol–water partition coefficient (Wildman–Crippen LogP) is 7.35. The van der Waals surface area contributed by atoms with Gasteiger partial charge in [-0.25, -0.2) is 4.79 Å². The molecule has 0 saturated carbocycles. The molecule has 0 radical (unpaired) electrons. The molecule has 2 nitrogen and oxygen atoms in total. The van der Waals surface area contributed by atoms with Gasteiger partial charge in [0.05, 0.1) is 6.61 Å². The quantitative estimate of drug-likeness (QED) is 0.110. The number of carbonyl (C=O) groups excluding carboxylic acids is 1. The Balaban J connectivity index is 3.97. The number of carbonyl (C=O) groups is 1. The van der Waals surface area contributed by atoms with Crippen molar-refractivity contribution in [1.82, 2.24) is 0 Å². The molecule has 0 heterocycles. The van der Waals surface area contributed by atoms with Crippen molar-refractivity contribution in [3.63, 3.8) is 0 Å². The zero-order valence-corrected chi connectivity index (χ0v) is 17.7. The maximum atomic E-state index is 11.9. The molecule has 0 aliphatic heterocycles. The number of hydrogen-bond donors (Lipinski definition) is 0. The van der Waals surface area contributed by atoms with Crippen LogP contribution in [-0.2, 0) is 9.53 Å². The van der Waals surface area contributed by atoms with Crippen LogP contribution in [0.2, 0.25) is 0 Å². The van der Waals surface area contributed by atoms with E-state index >= 15 is 0 Å². The van der Waals surface area contributed by atoms with Crippen LogP contribution in [0.25, 0.3) is 0 Å². The predicted molar refractivity (Wildman–Crippen MR) is 109 cm³/mol. The molecule has 0 aliphatic carbocycles. The van der Waals surface area contributed by atoms with Crippen LogP contribution in [0.4, 0.5) is 0 Å². The first-order valence-electron chi connectivity index (χ1n) is 10.2. The Bertz CT molecular complexity index is 313. The van der Waals surface area contributed by atoms with Crippen molar-refractivity contribution in [3.05, 3.63) is 11.6 Å². The molecule has 0 fully saturated rings. The summed E-state index contributed by atoms with van der Waals surface area (Å²) in [6.45, 7) is 5.01. The van der Waals surface area contributed by atoms with Crippen molar-refractivity contribution in [1.29, 1.82) is 0 Å². The lowest BCUT2D eigenvalue weighted by atomic mass is 10.0. The van der Waals surface area contributed by atoms with Crippen LogP contribution in [0.3, 0.4) is 0 Å². The Morgan fingerprint density at radius 2 is 1.38 bits per heavy atom. The lowest BCUT2D eigenvalue weighted by Gasteiger charge is -2.08. The second-order valence-corrected chi connectivity index (χ2v) is 7.49. The number of halogens is 1. The molecule has 0 spiro atoms. The standard InChI is InChI=1S/C21H39BrO2/c1-3-5-7-8-9-10-12-16-20(15-6-4-2)19-21(23)24-18-14-11-13-17-22/h19H,3-18H2,1-2H3/b20-19+. The minimum Gasteiger partial charge on any atom is -0.463 e. The maximum Gasteiger partial charge on any atom is 0.330 e. The number of ether oxygens (including phenoxy) is 1. The highest BCUT2D eigenvalue weighted by molar-refractivity contribution is 9.09. The molecule has 0 bridgehead atoms. The van der Waals surface area contributed by atoms with E-state index in [9.17, 15) is 4.79 Å². The molecular weight excluding hydrogens is 364 g/mol. The highest BCUT2D eigenvalue weighted by atomic mass is 79.9. The highest BCUT2D eigenvalue weighted by Crippen LogP contribution is 2.17. The second kappa shape index (κ2) is 19.0. The summed E-state index contributed by atoms with van der Waals surface area (Å²) in [5.74, 6) is -0.136. The molecule has 0 atom stereocenters. The van der Waals surface area contributed by atoms with Crippen molar-refractivity contribution < 1.29 is 9.53 Å². The lowest BCUT2D eigenvalue weighted by molar-refractivity contribution is -0.137. The summed E-state index contributed by atoms with van der Waals surface area (Å²) in [4.78, 5) is 11.9. The zero-order chi connectivity index (χ0) is 17.9. The molecule has 0 unspecified atom stereocenters. The molecule has 0 N–H and O–H groups in total. The minimum atomic E-state index is -0.136. The number of alkyl halides is 1. The van der Waals surface area contributed by atoms with E-state index in [1.807, 2.05) is 0 Å². The summed E-state index contributed by atoms with van der Waals surface area (Å²) in [5, 5.41) is 1.03. The fourth-order valence-corrected chi connectivity index (χ4v) is 3.13. The fourth-order valence-electron chi connectivity index (χ4n) is 2.74. The van der Waals surface area contributed by atoms with E-state index in [2.05, 4.69) is 29.8 Å². The molecule has 0 aromatic heterocycles. The third-order valence-corrected chi connectivity index (χ3v) is 4.86. The first-order chi connectivity index (χ1) is 11.7. The van der Waals surface area contributed by atoms with Gasteiger partial charge in [-0.1, -0.05) is 80.3 Å². The van der Waals surface area contributed by atoms with Gasteiger partial charge in [-0.15, -0.1) is 0 Å². The number of esters is 1. The number of rotatable bonds is 17. The van der Waals surface area contributed by atoms with E-state index in [-0.39, 0.29) is 5.97 Å². The molecule has 0 aromatic rings. The summed E-state index contributed by atoms with van der Waals surface area (Å²) < 4.78 is 5.34. The van der Waals surface area contributed by atoms with Gasteiger partial charge in [-0.3, -0.25) is 0 Å². The molecule has 0 rings (SSSR count). The Morgan fingerprint density at radius 1 is 0.792 bits per heavy atom. The summed E-state index contributed by atoms with van der Waals surface area (Å²) in [6.07, 6.45) is 18.7. The van der Waals surface area contributed by atoms with Crippen molar-refractivity contribution in [2.75, 3.05) is 11.9 Å². The SMILES string of the molecule is CCCCCCCCC/C(=C/C(=O)OCCCCCBr)CCCC. The van der Waals surface area contributed by atoms with Gasteiger partial charge in [0.1, 0.15) is 0 Å². The van der Waals surface area contributed by atoms with Crippen LogP contribution in [0.15, 0.2) is 11.6 Å². The molecular formula is C21H39BrO2. The van der Waals surface area contributed by atoms with Crippen LogP contribution in [0, 0.1) is 0 Å². The van der Waals surface area contributed by atoms with Crippen molar-refractivity contribution in [2.45, 2.75) is 104 Å². The second-order valence-electron chi connectivity index (χ2n) is 6.69. The first kappa shape index (κ1) is 23.7. The normalized spacial score (nSPS) is 11.7. The van der Waals surface area contributed by atoms with Gasteiger partial charge in [0.25, 0.3) is 0 Å². The first-order valence-corrected chi connectivity index (χ1v) is 11.3. The molecule has 0 amide bonds. The average Bonchev–Trinajstić information content (AvgIpc) is 2.58. The summed E-state index contributed by atoms with van der Waals surface area (Å²) in [7, 11) is 0. The van der Waals surface area contributed by atoms with Gasteiger partial charge in [0.2, 0.25) is 0 Å². The Morgan fingerprint density at radius 3 is 2.04 bits per heavy atom. The smallest absolute Gasteiger partial charge is 0.330 e. The maximum absolute atomic E-state index is 11.9. The molecule has 0 aliphatic rings. The molecule has 24 heavy (non-hydrogen) atoms. The minimum absolute atomic E-state index is 0.136. The third-order valence-electron chi connectivity index (χ3n) is 4.30. The van der Waals surface area contributed by atoms with Crippen LogP contribution in [0.5, 0.6) is 0 Å². The van der Waals surface area contributed by atoms with E-state index < -0.39 is 0 Å². The van der Waals surface area contributed by atoms with Gasteiger partial charge in [0, 0.05) is 11.4 Å². The Kier molecular flexibility index (Phi) is 18.8. The lowest BCUT2D eigenvalue weighted by Crippen LogP contribution is -2.04. The van der Waals surface area contributed by atoms with E-state index in [4.69, 9.17) is 4.74 Å². The van der Waals surface area contributed by atoms with Gasteiger partial charge >= 0.3 is 5.97 Å². The van der Waals surface area contributed by atoms with Gasteiger partial charge < -0.3 is 4.74 Å². The van der Waals surface area contributed by atoms with E-state index in [0.717, 1.165) is 37.4 Å². The van der Waals surface area contributed by atoms with E-state index in [1.165, 1.54) is 63.4 Å². The van der Waals surface area contributed by atoms with Crippen LogP contribution in [-0.4, -0.2) is 17.9 Å². The number of unbranched alkanes of at least 4 members (excludes halogenated alkanes) is 9. The zero-order valence-electron chi connectivity index (χ0n) is 16.1. The van der Waals surface area contributed by atoms with Crippen molar-refractivity contribution in [2.24, 2.45) is 0 Å². The largest absolute Gasteiger partial charge is 0.463 e. The van der Waals surface area contributed by atoms with Gasteiger partial charge in [-0.05, 0) is 44.9 Å². The van der Waals surface area contributed by atoms with Crippen LogP contribution in [0.1, 0.15) is 104 Å². The van der Waals surface area contributed by atoms with Gasteiger partial charge in [-0.2, -0.15) is 0 Å². The topological polar surface area (TPSA) is 26.3 Å². The fraction of sp³-hybridized carbons (Fsp3) is 0.857. The summed E-state index contributed by atoms with van der Waals surface area (Å²) in [6, 6.07) is 0. The van der Waals surface area contributed by atoms with Crippen LogP contribution >= 0.6 is 15.9 Å². The van der Waals surface area contributed by atoms with Gasteiger partial charge in [0.15, 0.2) is 0 Å². The monoisotopic (exact) mass is 402 g/mol. The molecule has 3 heteroatoms. The number of hydrogen-bond acceptors (Lipinski definition) is 2. The van der Waals surface area contributed by atoms with E-state index in [0.29, 0.717) is 6.61 Å². The Hall–Kier alpha value is -0.310. The number of allylic oxidation sites excluding steroid dienone is 1. The van der Waals surface area contributed by atoms with Crippen LogP contribution < -0.4 is 0 Å². The highest BCUT2D eigenvalue weighted by Gasteiger charge is 2.04. The molecule has 0 saturated heterocycles. The molecule has 142 valence electrons. The summed E-state index contributed by atoms with van der Waals surface area (Å²) >= 11 is 3.42. The third kappa shape index (κ3) is 16.5. The van der Waals surface area contributed by atoms with E-state index in [1.54, 1.807) is 6.08 Å². The summed E-state index contributed by atoms with van der Waals surface area (Å²) in [5.41, 5.74) is 1.29. The molecule has 0 aromatic carbocycles. The Labute approximate surface area is 158 Å². The van der Waals surface area contributed by atoms with Crippen molar-refractivity contribution in [3.8, 4) is 0 Å².